The molecule has 2 aliphatic heterocycles. The smallest absolute Gasteiger partial charge is 0.303 e. The van der Waals surface area contributed by atoms with Crippen LogP contribution in [0.2, 0.25) is 0 Å². The molecule has 1 fully saturated rings. The van der Waals surface area contributed by atoms with Gasteiger partial charge in [-0.15, -0.1) is 0 Å². The molecule has 0 atom stereocenters. The van der Waals surface area contributed by atoms with Gasteiger partial charge in [0.2, 0.25) is 5.91 Å². The summed E-state index contributed by atoms with van der Waals surface area (Å²) in [6.45, 7) is 4.89. The molecule has 0 unspecified atom stereocenters. The second-order valence-electron chi connectivity index (χ2n) is 8.82. The number of amides is 3. The van der Waals surface area contributed by atoms with Gasteiger partial charge in [0.25, 0.3) is 17.8 Å². The summed E-state index contributed by atoms with van der Waals surface area (Å²) in [6.07, 6.45) is 0.160. The molecule has 0 spiro atoms. The molecule has 3 N–H and O–H groups in total. The molecular formula is C27H27N3O7S2. The molecule has 0 bridgehead atoms. The van der Waals surface area contributed by atoms with E-state index in [1.807, 2.05) is 32.0 Å². The third-order valence-electron chi connectivity index (χ3n) is 5.73. The number of aliphatic carboxylic acids is 2. The van der Waals surface area contributed by atoms with Crippen LogP contribution < -0.4 is 10.2 Å². The van der Waals surface area contributed by atoms with E-state index < -0.39 is 23.8 Å². The average molecular weight is 570 g/mol. The van der Waals surface area contributed by atoms with Gasteiger partial charge in [-0.25, -0.2) is 0 Å². The number of nitrogens with one attached hydrogen (secondary N) is 1. The van der Waals surface area contributed by atoms with E-state index in [0.29, 0.717) is 16.9 Å². The number of hydrogen-bond donors (Lipinski definition) is 3. The Balaban J connectivity index is 0.000000983. The number of carboxylic acids is 2. The third kappa shape index (κ3) is 7.09. The topological polar surface area (TPSA) is 144 Å². The van der Waals surface area contributed by atoms with Gasteiger partial charge in [0.05, 0.1) is 16.2 Å². The van der Waals surface area contributed by atoms with Crippen molar-refractivity contribution in [2.24, 2.45) is 0 Å². The maximum atomic E-state index is 13.5. The number of carbonyl (C=O) groups excluding carboxylic acids is 3. The molecule has 10 nitrogen and oxygen atoms in total. The van der Waals surface area contributed by atoms with Crippen molar-refractivity contribution in [2.45, 2.75) is 33.6 Å². The fourth-order valence-electron chi connectivity index (χ4n) is 4.07. The first kappa shape index (κ1) is 29.5. The number of nitrogens with zero attached hydrogens (tertiary/aromatic N) is 2. The highest BCUT2D eigenvalue weighted by Gasteiger charge is 2.42. The summed E-state index contributed by atoms with van der Waals surface area (Å²) >= 11 is 6.36. The molecule has 12 heteroatoms. The minimum atomic E-state index is -0.955. The Morgan fingerprint density at radius 3 is 2.31 bits per heavy atom. The first-order valence-corrected chi connectivity index (χ1v) is 13.1. The van der Waals surface area contributed by atoms with Crippen LogP contribution in [0.1, 0.15) is 36.5 Å². The van der Waals surface area contributed by atoms with Crippen LogP contribution in [0.15, 0.2) is 47.4 Å². The Bertz CT molecular complexity index is 1400. The second-order valence-corrected chi connectivity index (χ2v) is 10.5. The number of anilines is 2. The van der Waals surface area contributed by atoms with E-state index in [-0.39, 0.29) is 46.6 Å². The van der Waals surface area contributed by atoms with Crippen LogP contribution in [-0.2, 0) is 24.0 Å². The quantitative estimate of drug-likeness (QED) is 0.335. The standard InChI is InChI=1S/C25H23N3O5S2.C2H4O2/c1-14-9-10-17(15(2)12-14)26-19(29)13-28-18-7-4-3-6-16(18)21(23(28)32)22-24(33)27(25(34)35-22)11-5-8-20(30)31;1-2(3)4/h3-4,6-7,9-10,12H,5,8,11,13H2,1-2H3,(H,26,29)(H,30,31);1H3,(H,3,4). The van der Waals surface area contributed by atoms with E-state index in [0.717, 1.165) is 29.8 Å². The molecule has 0 saturated carbocycles. The van der Waals surface area contributed by atoms with Crippen molar-refractivity contribution in [1.82, 2.24) is 4.90 Å². The summed E-state index contributed by atoms with van der Waals surface area (Å²) in [5.74, 6) is -3.02. The lowest BCUT2D eigenvalue weighted by molar-refractivity contribution is -0.137. The van der Waals surface area contributed by atoms with Crippen molar-refractivity contribution in [3.05, 3.63) is 64.1 Å². The van der Waals surface area contributed by atoms with Crippen molar-refractivity contribution < 1.29 is 34.2 Å². The molecule has 0 radical (unpaired) electrons. The van der Waals surface area contributed by atoms with Crippen LogP contribution in [0.4, 0.5) is 11.4 Å². The lowest BCUT2D eigenvalue weighted by Gasteiger charge is -2.17. The molecular weight excluding hydrogens is 542 g/mol. The molecule has 0 aliphatic carbocycles. The fourth-order valence-corrected chi connectivity index (χ4v) is 5.45. The summed E-state index contributed by atoms with van der Waals surface area (Å²) in [4.78, 5) is 62.2. The van der Waals surface area contributed by atoms with Gasteiger partial charge in [0.1, 0.15) is 10.9 Å². The predicted octanol–water partition coefficient (Wildman–Crippen LogP) is 3.82. The Morgan fingerprint density at radius 2 is 1.67 bits per heavy atom. The van der Waals surface area contributed by atoms with Crippen molar-refractivity contribution in [1.29, 1.82) is 0 Å². The van der Waals surface area contributed by atoms with Crippen molar-refractivity contribution in [3.8, 4) is 0 Å². The number of thioether (sulfide) groups is 1. The zero-order valence-electron chi connectivity index (χ0n) is 21.5. The second kappa shape index (κ2) is 12.7. The molecule has 204 valence electrons. The summed E-state index contributed by atoms with van der Waals surface area (Å²) in [5, 5.41) is 19.1. The molecule has 4 rings (SSSR count). The SMILES string of the molecule is CC(=O)O.Cc1ccc(NC(=O)CN2C(=O)C(=C3SC(=S)N(CCCC(=O)O)C3=O)c3ccccc32)c(C)c1. The molecule has 39 heavy (non-hydrogen) atoms. The highest BCUT2D eigenvalue weighted by Crippen LogP contribution is 2.44. The molecule has 2 heterocycles. The molecule has 1 saturated heterocycles. The van der Waals surface area contributed by atoms with Gasteiger partial charge < -0.3 is 15.5 Å². The average Bonchev–Trinajstić information content (AvgIpc) is 3.27. The Labute approximate surface area is 234 Å². The lowest BCUT2D eigenvalue weighted by atomic mass is 10.1. The summed E-state index contributed by atoms with van der Waals surface area (Å²) in [5.41, 5.74) is 3.97. The fraction of sp³-hybridized carbons (Fsp3) is 0.259. The highest BCUT2D eigenvalue weighted by molar-refractivity contribution is 8.26. The van der Waals surface area contributed by atoms with Crippen LogP contribution in [0.3, 0.4) is 0 Å². The molecule has 0 aromatic heterocycles. The van der Waals surface area contributed by atoms with E-state index in [2.05, 4.69) is 5.32 Å². The van der Waals surface area contributed by atoms with Gasteiger partial charge >= 0.3 is 5.97 Å². The van der Waals surface area contributed by atoms with Crippen LogP contribution in [0, 0.1) is 13.8 Å². The normalized spacial score (nSPS) is 16.1. The predicted molar refractivity (Wildman–Crippen MR) is 152 cm³/mol. The highest BCUT2D eigenvalue weighted by atomic mass is 32.2. The monoisotopic (exact) mass is 569 g/mol. The Morgan fingerprint density at radius 1 is 1.00 bits per heavy atom. The molecule has 2 aromatic rings. The van der Waals surface area contributed by atoms with Crippen LogP contribution >= 0.6 is 24.0 Å². The van der Waals surface area contributed by atoms with Gasteiger partial charge in [-0.1, -0.05) is 59.9 Å². The minimum absolute atomic E-state index is 0.0892. The molecule has 3 amide bonds. The summed E-state index contributed by atoms with van der Waals surface area (Å²) < 4.78 is 0.277. The largest absolute Gasteiger partial charge is 0.481 e. The lowest BCUT2D eigenvalue weighted by Crippen LogP contribution is -2.35. The maximum Gasteiger partial charge on any atom is 0.303 e. The van der Waals surface area contributed by atoms with Crippen LogP contribution in [0.5, 0.6) is 0 Å². The number of carbonyl (C=O) groups is 5. The maximum absolute atomic E-state index is 13.5. The third-order valence-corrected chi connectivity index (χ3v) is 7.18. The van der Waals surface area contributed by atoms with Gasteiger partial charge in [-0.05, 0) is 38.0 Å². The number of aryl methyl sites for hydroxylation is 2. The zero-order valence-corrected chi connectivity index (χ0v) is 23.1. The Hall–Kier alpha value is -4.03. The minimum Gasteiger partial charge on any atom is -0.481 e. The number of rotatable bonds is 7. The van der Waals surface area contributed by atoms with Gasteiger partial charge in [-0.2, -0.15) is 0 Å². The van der Waals surface area contributed by atoms with E-state index in [1.165, 1.54) is 9.80 Å². The number of hydrogen-bond acceptors (Lipinski definition) is 7. The van der Waals surface area contributed by atoms with E-state index in [9.17, 15) is 19.2 Å². The Kier molecular flexibility index (Phi) is 9.60. The van der Waals surface area contributed by atoms with E-state index in [4.69, 9.17) is 27.2 Å². The molecule has 2 aromatic carbocycles. The number of fused-ring (bicyclic) bond motifs is 1. The van der Waals surface area contributed by atoms with Crippen molar-refractivity contribution in [3.63, 3.8) is 0 Å². The van der Waals surface area contributed by atoms with Gasteiger partial charge in [0, 0.05) is 31.1 Å². The number of benzene rings is 2. The first-order valence-electron chi connectivity index (χ1n) is 11.9. The summed E-state index contributed by atoms with van der Waals surface area (Å²) in [6, 6.07) is 12.7. The zero-order chi connectivity index (χ0) is 28.9. The van der Waals surface area contributed by atoms with Gasteiger partial charge in [-0.3, -0.25) is 33.8 Å². The van der Waals surface area contributed by atoms with Gasteiger partial charge in [0.15, 0.2) is 0 Å². The number of thiocarbonyl (C=S) groups is 1. The molecule has 2 aliphatic rings. The van der Waals surface area contributed by atoms with E-state index in [1.54, 1.807) is 24.3 Å². The van der Waals surface area contributed by atoms with Crippen molar-refractivity contribution >= 4 is 74.9 Å². The van der Waals surface area contributed by atoms with Crippen molar-refractivity contribution in [2.75, 3.05) is 23.3 Å². The van der Waals surface area contributed by atoms with E-state index >= 15 is 0 Å². The van der Waals surface area contributed by atoms with Crippen LogP contribution in [-0.4, -0.2) is 62.2 Å². The first-order chi connectivity index (χ1) is 18.4. The number of carboxylic acid groups (broad SMARTS) is 2. The van der Waals surface area contributed by atoms with Crippen LogP contribution in [0.25, 0.3) is 5.57 Å². The number of para-hydroxylation sites is 1. The summed E-state index contributed by atoms with van der Waals surface area (Å²) in [7, 11) is 0.